The van der Waals surface area contributed by atoms with E-state index in [1.54, 1.807) is 0 Å². The minimum atomic E-state index is 0.349. The van der Waals surface area contributed by atoms with Crippen molar-refractivity contribution in [1.29, 1.82) is 0 Å². The molecule has 1 saturated heterocycles. The molecule has 0 bridgehead atoms. The number of thiophene rings is 1. The van der Waals surface area contributed by atoms with Gasteiger partial charge in [-0.3, -0.25) is 9.89 Å². The van der Waals surface area contributed by atoms with Gasteiger partial charge in [0.15, 0.2) is 5.96 Å². The van der Waals surface area contributed by atoms with Crippen LogP contribution < -0.4 is 10.6 Å². The summed E-state index contributed by atoms with van der Waals surface area (Å²) >= 11 is 1.82. The number of nitrogens with one attached hydrogen (secondary N) is 2. The Kier molecular flexibility index (Phi) is 8.33. The summed E-state index contributed by atoms with van der Waals surface area (Å²) in [6, 6.07) is 15.7. The lowest BCUT2D eigenvalue weighted by atomic mass is 10.1. The molecule has 2 unspecified atom stereocenters. The molecule has 2 heterocycles. The highest BCUT2D eigenvalue weighted by Gasteiger charge is 2.23. The summed E-state index contributed by atoms with van der Waals surface area (Å²) in [6.07, 6.45) is 2.14. The van der Waals surface area contributed by atoms with Crippen molar-refractivity contribution in [2.24, 2.45) is 4.99 Å². The summed E-state index contributed by atoms with van der Waals surface area (Å²) in [5, 5.41) is 9.24. The summed E-state index contributed by atoms with van der Waals surface area (Å²) in [7, 11) is 1.84. The van der Waals surface area contributed by atoms with E-state index in [-0.39, 0.29) is 0 Å². The Morgan fingerprint density at radius 3 is 2.64 bits per heavy atom. The summed E-state index contributed by atoms with van der Waals surface area (Å²) in [5.41, 5.74) is 1.38. The van der Waals surface area contributed by atoms with Crippen LogP contribution in [0.2, 0.25) is 0 Å². The Labute approximate surface area is 172 Å². The van der Waals surface area contributed by atoms with Crippen LogP contribution in [0.5, 0.6) is 0 Å². The molecule has 6 heteroatoms. The average Bonchev–Trinajstić information content (AvgIpc) is 3.27. The highest BCUT2D eigenvalue weighted by Crippen LogP contribution is 2.25. The molecule has 2 atom stereocenters. The van der Waals surface area contributed by atoms with Gasteiger partial charge in [0, 0.05) is 37.6 Å². The maximum atomic E-state index is 5.54. The van der Waals surface area contributed by atoms with Crippen LogP contribution in [0.4, 0.5) is 0 Å². The van der Waals surface area contributed by atoms with Crippen LogP contribution >= 0.6 is 11.3 Å². The first-order chi connectivity index (χ1) is 13.8. The van der Waals surface area contributed by atoms with E-state index in [0.29, 0.717) is 12.1 Å². The lowest BCUT2D eigenvalue weighted by Gasteiger charge is -2.34. The Hall–Kier alpha value is -1.89. The van der Waals surface area contributed by atoms with E-state index in [1.807, 2.05) is 18.4 Å². The van der Waals surface area contributed by atoms with Crippen molar-refractivity contribution in [3.63, 3.8) is 0 Å². The standard InChI is InChI=1S/C22H32N4OS/c1-18(10-11-19-7-4-3-5-8-19)25-22(23-2)24-17-20(21-9-6-16-28-21)26-12-14-27-15-13-26/h3-9,16,18,20H,10-15,17H2,1-2H3,(H2,23,24,25). The molecule has 0 amide bonds. The predicted octanol–water partition coefficient (Wildman–Crippen LogP) is 3.31. The second-order valence-corrected chi connectivity index (χ2v) is 8.18. The van der Waals surface area contributed by atoms with Gasteiger partial charge < -0.3 is 15.4 Å². The van der Waals surface area contributed by atoms with Crippen LogP contribution in [0.3, 0.4) is 0 Å². The van der Waals surface area contributed by atoms with E-state index in [2.05, 4.69) is 75.3 Å². The molecule has 152 valence electrons. The van der Waals surface area contributed by atoms with Gasteiger partial charge in [0.1, 0.15) is 0 Å². The van der Waals surface area contributed by atoms with Crippen molar-refractivity contribution in [1.82, 2.24) is 15.5 Å². The molecule has 0 spiro atoms. The normalized spacial score (nSPS) is 17.9. The Morgan fingerprint density at radius 2 is 1.96 bits per heavy atom. The fourth-order valence-electron chi connectivity index (χ4n) is 3.50. The Bertz CT molecular complexity index is 699. The third kappa shape index (κ3) is 6.33. The van der Waals surface area contributed by atoms with Gasteiger partial charge in [-0.2, -0.15) is 0 Å². The second kappa shape index (κ2) is 11.2. The van der Waals surface area contributed by atoms with Gasteiger partial charge in [0.2, 0.25) is 0 Å². The van der Waals surface area contributed by atoms with Crippen LogP contribution in [0, 0.1) is 0 Å². The molecule has 0 radical (unpaired) electrons. The van der Waals surface area contributed by atoms with E-state index in [4.69, 9.17) is 4.74 Å². The molecule has 0 aliphatic carbocycles. The number of benzene rings is 1. The molecule has 2 N–H and O–H groups in total. The van der Waals surface area contributed by atoms with Gasteiger partial charge in [0.25, 0.3) is 0 Å². The number of rotatable bonds is 8. The maximum Gasteiger partial charge on any atom is 0.191 e. The van der Waals surface area contributed by atoms with Crippen molar-refractivity contribution in [3.05, 3.63) is 58.3 Å². The zero-order chi connectivity index (χ0) is 19.6. The summed E-state index contributed by atoms with van der Waals surface area (Å²) in [4.78, 5) is 8.34. The molecule has 2 aromatic rings. The molecule has 28 heavy (non-hydrogen) atoms. The van der Waals surface area contributed by atoms with Crippen molar-refractivity contribution >= 4 is 17.3 Å². The third-order valence-corrected chi connectivity index (χ3v) is 6.11. The average molecular weight is 401 g/mol. The van der Waals surface area contributed by atoms with Crippen molar-refractivity contribution in [2.75, 3.05) is 39.9 Å². The molecule has 3 rings (SSSR count). The molecule has 1 fully saturated rings. The largest absolute Gasteiger partial charge is 0.379 e. The van der Waals surface area contributed by atoms with E-state index in [9.17, 15) is 0 Å². The van der Waals surface area contributed by atoms with Crippen molar-refractivity contribution in [2.45, 2.75) is 31.8 Å². The Balaban J connectivity index is 1.51. The van der Waals surface area contributed by atoms with Gasteiger partial charge in [-0.15, -0.1) is 11.3 Å². The first kappa shape index (κ1) is 20.8. The monoisotopic (exact) mass is 400 g/mol. The number of ether oxygens (including phenoxy) is 1. The zero-order valence-electron chi connectivity index (χ0n) is 16.9. The quantitative estimate of drug-likeness (QED) is 0.527. The topological polar surface area (TPSA) is 48.9 Å². The first-order valence-corrected chi connectivity index (χ1v) is 11.0. The van der Waals surface area contributed by atoms with Gasteiger partial charge in [-0.25, -0.2) is 0 Å². The van der Waals surface area contributed by atoms with Gasteiger partial charge in [-0.1, -0.05) is 36.4 Å². The minimum absolute atomic E-state index is 0.349. The summed E-state index contributed by atoms with van der Waals surface area (Å²) < 4.78 is 5.54. The fourth-order valence-corrected chi connectivity index (χ4v) is 4.36. The van der Waals surface area contributed by atoms with Gasteiger partial charge >= 0.3 is 0 Å². The van der Waals surface area contributed by atoms with E-state index in [1.165, 1.54) is 10.4 Å². The van der Waals surface area contributed by atoms with E-state index < -0.39 is 0 Å². The maximum absolute atomic E-state index is 5.54. The number of hydrogen-bond donors (Lipinski definition) is 2. The number of nitrogens with zero attached hydrogens (tertiary/aromatic N) is 2. The highest BCUT2D eigenvalue weighted by atomic mass is 32.1. The fraction of sp³-hybridized carbons (Fsp3) is 0.500. The lowest BCUT2D eigenvalue weighted by Crippen LogP contribution is -2.47. The number of morpholine rings is 1. The van der Waals surface area contributed by atoms with Crippen molar-refractivity contribution in [3.8, 4) is 0 Å². The van der Waals surface area contributed by atoms with Crippen LogP contribution in [-0.2, 0) is 11.2 Å². The van der Waals surface area contributed by atoms with Gasteiger partial charge in [-0.05, 0) is 36.8 Å². The van der Waals surface area contributed by atoms with E-state index >= 15 is 0 Å². The van der Waals surface area contributed by atoms with Crippen LogP contribution in [0.1, 0.15) is 29.8 Å². The lowest BCUT2D eigenvalue weighted by molar-refractivity contribution is 0.0177. The first-order valence-electron chi connectivity index (χ1n) is 10.1. The number of aryl methyl sites for hydroxylation is 1. The smallest absolute Gasteiger partial charge is 0.191 e. The zero-order valence-corrected chi connectivity index (χ0v) is 17.8. The number of aliphatic imine (C=N–C) groups is 1. The minimum Gasteiger partial charge on any atom is -0.379 e. The third-order valence-electron chi connectivity index (χ3n) is 5.14. The van der Waals surface area contributed by atoms with Gasteiger partial charge in [0.05, 0.1) is 19.3 Å². The molecule has 5 nitrogen and oxygen atoms in total. The summed E-state index contributed by atoms with van der Waals surface area (Å²) in [6.45, 7) is 6.63. The second-order valence-electron chi connectivity index (χ2n) is 7.20. The van der Waals surface area contributed by atoms with Crippen LogP contribution in [0.25, 0.3) is 0 Å². The Morgan fingerprint density at radius 1 is 1.18 bits per heavy atom. The SMILES string of the molecule is CN=C(NCC(c1cccs1)N1CCOCC1)NC(C)CCc1ccccc1. The number of guanidine groups is 1. The van der Waals surface area contributed by atoms with Crippen LogP contribution in [0.15, 0.2) is 52.8 Å². The number of hydrogen-bond acceptors (Lipinski definition) is 4. The predicted molar refractivity (Wildman–Crippen MR) is 118 cm³/mol. The molecule has 1 aromatic heterocycles. The molecule has 1 aromatic carbocycles. The van der Waals surface area contributed by atoms with Crippen LogP contribution in [-0.4, -0.2) is 56.8 Å². The highest BCUT2D eigenvalue weighted by molar-refractivity contribution is 7.10. The summed E-state index contributed by atoms with van der Waals surface area (Å²) in [5.74, 6) is 0.871. The van der Waals surface area contributed by atoms with E-state index in [0.717, 1.165) is 51.6 Å². The molecule has 0 saturated carbocycles. The molecule has 1 aliphatic heterocycles. The molecular weight excluding hydrogens is 368 g/mol. The molecular formula is C22H32N4OS. The van der Waals surface area contributed by atoms with Crippen molar-refractivity contribution < 1.29 is 4.74 Å². The molecule has 1 aliphatic rings.